The quantitative estimate of drug-likeness (QED) is 0.698. The van der Waals surface area contributed by atoms with Crippen LogP contribution in [0.3, 0.4) is 0 Å². The summed E-state index contributed by atoms with van der Waals surface area (Å²) in [5, 5.41) is 0. The number of nitrogens with one attached hydrogen (secondary N) is 1. The summed E-state index contributed by atoms with van der Waals surface area (Å²) >= 11 is 1.84. The van der Waals surface area contributed by atoms with Crippen LogP contribution >= 0.6 is 11.8 Å². The zero-order valence-corrected chi connectivity index (χ0v) is 7.45. The molecule has 0 saturated heterocycles. The van der Waals surface area contributed by atoms with Gasteiger partial charge in [-0.3, -0.25) is 5.73 Å². The fourth-order valence-electron chi connectivity index (χ4n) is 0.732. The summed E-state index contributed by atoms with van der Waals surface area (Å²) in [5.74, 6) is 1.88. The molecule has 3 heteroatoms. The van der Waals surface area contributed by atoms with Crippen LogP contribution in [0.2, 0.25) is 0 Å². The van der Waals surface area contributed by atoms with E-state index in [1.54, 1.807) is 0 Å². The lowest BCUT2D eigenvalue weighted by atomic mass is 10.5. The highest BCUT2D eigenvalue weighted by molar-refractivity contribution is 7.99. The lowest BCUT2D eigenvalue weighted by molar-refractivity contribution is -0.363. The van der Waals surface area contributed by atoms with Gasteiger partial charge in [0.15, 0.2) is 0 Å². The largest absolute Gasteiger partial charge is 0.287 e. The highest BCUT2D eigenvalue weighted by atomic mass is 32.2. The van der Waals surface area contributed by atoms with Crippen LogP contribution in [-0.2, 0) is 0 Å². The van der Waals surface area contributed by atoms with Crippen LogP contribution in [0.15, 0.2) is 23.2 Å². The lowest BCUT2D eigenvalue weighted by Gasteiger charge is -1.95. The van der Waals surface area contributed by atoms with E-state index in [-0.39, 0.29) is 0 Å². The fourth-order valence-corrected chi connectivity index (χ4v) is 1.48. The highest BCUT2D eigenvalue weighted by Gasteiger charge is 1.95. The van der Waals surface area contributed by atoms with Crippen LogP contribution < -0.4 is 10.7 Å². The topological polar surface area (TPSA) is 40.2 Å². The molecule has 0 aliphatic carbocycles. The number of H-pyrrole nitrogens is 1. The van der Waals surface area contributed by atoms with Crippen molar-refractivity contribution in [3.8, 4) is 0 Å². The predicted molar refractivity (Wildman–Crippen MR) is 48.4 cm³/mol. The minimum atomic E-state index is 0.714. The Morgan fingerprint density at radius 3 is 2.91 bits per heavy atom. The van der Waals surface area contributed by atoms with Crippen LogP contribution in [0.5, 0.6) is 0 Å². The summed E-state index contributed by atoms with van der Waals surface area (Å²) in [6.07, 6.45) is 3.14. The molecule has 1 aromatic rings. The summed E-state index contributed by atoms with van der Waals surface area (Å²) in [6, 6.07) is 3.92. The van der Waals surface area contributed by atoms with E-state index in [1.807, 2.05) is 30.1 Å². The first-order chi connectivity index (χ1) is 5.33. The molecule has 0 bridgehead atoms. The van der Waals surface area contributed by atoms with Crippen molar-refractivity contribution in [2.75, 3.05) is 11.5 Å². The van der Waals surface area contributed by atoms with Gasteiger partial charge in [-0.25, -0.2) is 4.98 Å². The van der Waals surface area contributed by atoms with Crippen molar-refractivity contribution in [2.24, 2.45) is 0 Å². The van der Waals surface area contributed by atoms with Gasteiger partial charge in [-0.1, -0.05) is 6.92 Å². The number of hydrogen-bond acceptors (Lipinski definition) is 2. The molecule has 0 radical (unpaired) electrons. The van der Waals surface area contributed by atoms with Gasteiger partial charge >= 0.3 is 0 Å². The van der Waals surface area contributed by atoms with Gasteiger partial charge in [-0.05, 0) is 18.2 Å². The van der Waals surface area contributed by atoms with Crippen LogP contribution in [0, 0.1) is 0 Å². The number of aromatic nitrogens is 1. The van der Waals surface area contributed by atoms with E-state index >= 15 is 0 Å². The molecule has 11 heavy (non-hydrogen) atoms. The molecular weight excluding hydrogens is 156 g/mol. The first kappa shape index (κ1) is 8.40. The smallest absolute Gasteiger partial charge is 0.270 e. The van der Waals surface area contributed by atoms with Crippen LogP contribution in [0.4, 0.5) is 5.82 Å². The van der Waals surface area contributed by atoms with Gasteiger partial charge < -0.3 is 0 Å². The monoisotopic (exact) mass is 169 g/mol. The number of pyridine rings is 1. The fraction of sp³-hybridized carbons (Fsp3) is 0.375. The molecule has 0 spiro atoms. The standard InChI is InChI=1S/C8H12N2S/c1-2-5-11-7-3-4-8(9)10-6-7/h3-4,6H,2,5H2,1H3,(H2,9,10)/p+1. The van der Waals surface area contributed by atoms with E-state index in [4.69, 9.17) is 5.73 Å². The Bertz CT molecular complexity index is 208. The SMILES string of the molecule is CCCSc1ccc(N)[nH+]c1. The van der Waals surface area contributed by atoms with Crippen molar-refractivity contribution < 1.29 is 4.98 Å². The normalized spacial score (nSPS) is 9.91. The molecule has 60 valence electrons. The van der Waals surface area contributed by atoms with Gasteiger partial charge in [-0.2, -0.15) is 0 Å². The van der Waals surface area contributed by atoms with Crippen LogP contribution in [-0.4, -0.2) is 5.75 Å². The molecule has 0 fully saturated rings. The Balaban J connectivity index is 2.52. The minimum absolute atomic E-state index is 0.714. The van der Waals surface area contributed by atoms with Crippen molar-refractivity contribution in [2.45, 2.75) is 18.2 Å². The molecule has 1 aromatic heterocycles. The first-order valence-electron chi connectivity index (χ1n) is 3.73. The van der Waals surface area contributed by atoms with Gasteiger partial charge in [0.1, 0.15) is 6.20 Å². The lowest BCUT2D eigenvalue weighted by Crippen LogP contribution is -2.08. The predicted octanol–water partition coefficient (Wildman–Crippen LogP) is 1.58. The second-order valence-electron chi connectivity index (χ2n) is 2.33. The van der Waals surface area contributed by atoms with Crippen molar-refractivity contribution in [3.63, 3.8) is 0 Å². The first-order valence-corrected chi connectivity index (χ1v) is 4.71. The number of aromatic amines is 1. The highest BCUT2D eigenvalue weighted by Crippen LogP contribution is 2.16. The maximum atomic E-state index is 5.49. The van der Waals surface area contributed by atoms with Gasteiger partial charge in [0.2, 0.25) is 0 Å². The summed E-state index contributed by atoms with van der Waals surface area (Å²) < 4.78 is 0. The Morgan fingerprint density at radius 1 is 1.55 bits per heavy atom. The molecule has 1 heterocycles. The molecule has 3 N–H and O–H groups in total. The number of nitrogens with two attached hydrogens (primary N) is 1. The summed E-state index contributed by atoms with van der Waals surface area (Å²) in [4.78, 5) is 4.22. The van der Waals surface area contributed by atoms with E-state index in [2.05, 4.69) is 11.9 Å². The number of hydrogen-bond donors (Lipinski definition) is 1. The van der Waals surface area contributed by atoms with Crippen molar-refractivity contribution in [1.29, 1.82) is 0 Å². The molecule has 2 nitrogen and oxygen atoms in total. The molecule has 0 atom stereocenters. The van der Waals surface area contributed by atoms with Gasteiger partial charge in [0, 0.05) is 11.0 Å². The average molecular weight is 169 g/mol. The van der Waals surface area contributed by atoms with E-state index in [1.165, 1.54) is 11.3 Å². The Hall–Kier alpha value is -0.700. The Kier molecular flexibility index (Phi) is 3.23. The molecule has 0 aliphatic rings. The summed E-state index contributed by atoms with van der Waals surface area (Å²) in [5.41, 5.74) is 5.49. The third-order valence-corrected chi connectivity index (χ3v) is 2.48. The zero-order chi connectivity index (χ0) is 8.10. The number of anilines is 1. The third-order valence-electron chi connectivity index (χ3n) is 1.28. The van der Waals surface area contributed by atoms with E-state index in [0.29, 0.717) is 5.82 Å². The third kappa shape index (κ3) is 2.80. The zero-order valence-electron chi connectivity index (χ0n) is 6.63. The summed E-state index contributed by atoms with van der Waals surface area (Å²) in [7, 11) is 0. The summed E-state index contributed by atoms with van der Waals surface area (Å²) in [6.45, 7) is 2.17. The second-order valence-corrected chi connectivity index (χ2v) is 3.50. The van der Waals surface area contributed by atoms with Gasteiger partial charge in [0.05, 0.1) is 0 Å². The van der Waals surface area contributed by atoms with Gasteiger partial charge in [-0.15, -0.1) is 11.8 Å². The minimum Gasteiger partial charge on any atom is -0.287 e. The molecular formula is C8H13N2S+. The Morgan fingerprint density at radius 2 is 2.36 bits per heavy atom. The molecule has 0 unspecified atom stereocenters. The van der Waals surface area contributed by atoms with Crippen LogP contribution in [0.25, 0.3) is 0 Å². The van der Waals surface area contributed by atoms with Gasteiger partial charge in [0.25, 0.3) is 5.82 Å². The maximum Gasteiger partial charge on any atom is 0.270 e. The number of rotatable bonds is 3. The molecule has 0 amide bonds. The van der Waals surface area contributed by atoms with Crippen LogP contribution in [0.1, 0.15) is 13.3 Å². The maximum absolute atomic E-state index is 5.49. The van der Waals surface area contributed by atoms with Crippen molar-refractivity contribution >= 4 is 17.6 Å². The molecule has 1 rings (SSSR count). The van der Waals surface area contributed by atoms with E-state index in [0.717, 1.165) is 5.75 Å². The Labute approximate surface area is 71.2 Å². The number of thioether (sulfide) groups is 1. The molecule has 0 aromatic carbocycles. The molecule has 0 aliphatic heterocycles. The average Bonchev–Trinajstić information content (AvgIpc) is 2.04. The molecule has 0 saturated carbocycles. The second kappa shape index (κ2) is 4.23. The van der Waals surface area contributed by atoms with Crippen molar-refractivity contribution in [1.82, 2.24) is 0 Å². The van der Waals surface area contributed by atoms with Crippen molar-refractivity contribution in [3.05, 3.63) is 18.3 Å². The number of nitrogen functional groups attached to an aromatic ring is 1. The van der Waals surface area contributed by atoms with E-state index in [9.17, 15) is 0 Å². The van der Waals surface area contributed by atoms with E-state index < -0.39 is 0 Å².